The molecule has 4 nitrogen and oxygen atoms in total. The summed E-state index contributed by atoms with van der Waals surface area (Å²) in [5.74, 6) is 0. The summed E-state index contributed by atoms with van der Waals surface area (Å²) in [6.45, 7) is 5.44. The van der Waals surface area contributed by atoms with Crippen molar-refractivity contribution in [2.45, 2.75) is 62.8 Å². The van der Waals surface area contributed by atoms with E-state index >= 15 is 0 Å². The summed E-state index contributed by atoms with van der Waals surface area (Å²) in [5.41, 5.74) is -0.258. The van der Waals surface area contributed by atoms with Crippen LogP contribution in [0.4, 0.5) is 0 Å². The van der Waals surface area contributed by atoms with E-state index in [1.807, 2.05) is 0 Å². The van der Waals surface area contributed by atoms with Gasteiger partial charge >= 0.3 is 0 Å². The van der Waals surface area contributed by atoms with Gasteiger partial charge in [-0.25, -0.2) is 8.42 Å². The van der Waals surface area contributed by atoms with Gasteiger partial charge in [-0.15, -0.1) is 0 Å². The van der Waals surface area contributed by atoms with Crippen molar-refractivity contribution in [3.8, 4) is 0 Å². The lowest BCUT2D eigenvalue weighted by Crippen LogP contribution is -2.56. The molecular weight excluding hydrogens is 226 g/mol. The number of β-amino-alcohol motifs (C(OH)–C–C–N with tert-alkyl or cyclic N) is 1. The molecule has 1 aliphatic heterocycles. The van der Waals surface area contributed by atoms with Crippen molar-refractivity contribution in [3.63, 3.8) is 0 Å². The fraction of sp³-hybridized carbons (Fsp3) is 1.00. The van der Waals surface area contributed by atoms with Gasteiger partial charge in [0.25, 0.3) is 0 Å². The SMILES string of the molecule is CC(C)(C)S(=O)(=O)N1CC(O)CC12CCC2. The van der Waals surface area contributed by atoms with Crippen LogP contribution in [-0.4, -0.2) is 40.8 Å². The molecule has 1 saturated heterocycles. The molecule has 1 saturated carbocycles. The first-order chi connectivity index (χ1) is 7.19. The van der Waals surface area contributed by atoms with E-state index in [0.29, 0.717) is 6.42 Å². The van der Waals surface area contributed by atoms with E-state index in [0.717, 1.165) is 19.3 Å². The molecule has 1 aliphatic carbocycles. The molecule has 0 aromatic carbocycles. The third kappa shape index (κ3) is 1.60. The van der Waals surface area contributed by atoms with Crippen LogP contribution in [0.25, 0.3) is 0 Å². The maximum absolute atomic E-state index is 12.4. The number of rotatable bonds is 1. The maximum atomic E-state index is 12.4. The average molecular weight is 247 g/mol. The van der Waals surface area contributed by atoms with Gasteiger partial charge in [-0.3, -0.25) is 0 Å². The summed E-state index contributed by atoms with van der Waals surface area (Å²) in [6, 6.07) is 0. The van der Waals surface area contributed by atoms with E-state index in [2.05, 4.69) is 0 Å². The smallest absolute Gasteiger partial charge is 0.219 e. The largest absolute Gasteiger partial charge is 0.392 e. The fourth-order valence-electron chi connectivity index (χ4n) is 2.71. The molecule has 2 aliphatic rings. The average Bonchev–Trinajstić information content (AvgIpc) is 2.40. The highest BCUT2D eigenvalue weighted by molar-refractivity contribution is 7.90. The summed E-state index contributed by atoms with van der Waals surface area (Å²) in [4.78, 5) is 0. The number of hydrogen-bond donors (Lipinski definition) is 1. The maximum Gasteiger partial charge on any atom is 0.219 e. The van der Waals surface area contributed by atoms with Crippen LogP contribution in [0.2, 0.25) is 0 Å². The Morgan fingerprint density at radius 1 is 1.31 bits per heavy atom. The van der Waals surface area contributed by atoms with Crippen LogP contribution in [0.1, 0.15) is 46.5 Å². The van der Waals surface area contributed by atoms with Crippen LogP contribution < -0.4 is 0 Å². The second kappa shape index (κ2) is 3.43. The molecule has 2 rings (SSSR count). The number of sulfonamides is 1. The van der Waals surface area contributed by atoms with Crippen LogP contribution in [0.3, 0.4) is 0 Å². The Kier molecular flexibility index (Phi) is 2.64. The molecule has 16 heavy (non-hydrogen) atoms. The van der Waals surface area contributed by atoms with Gasteiger partial charge in [-0.1, -0.05) is 0 Å². The minimum Gasteiger partial charge on any atom is -0.392 e. The van der Waals surface area contributed by atoms with Gasteiger partial charge in [0, 0.05) is 12.1 Å². The van der Waals surface area contributed by atoms with Crippen molar-refractivity contribution in [3.05, 3.63) is 0 Å². The zero-order chi connectivity index (χ0) is 12.2. The zero-order valence-corrected chi connectivity index (χ0v) is 11.0. The molecular formula is C11H21NO3S. The van der Waals surface area contributed by atoms with E-state index in [1.165, 1.54) is 0 Å². The Morgan fingerprint density at radius 2 is 1.88 bits per heavy atom. The Morgan fingerprint density at radius 3 is 2.25 bits per heavy atom. The monoisotopic (exact) mass is 247 g/mol. The Balaban J connectivity index is 2.34. The van der Waals surface area contributed by atoms with E-state index in [4.69, 9.17) is 0 Å². The summed E-state index contributed by atoms with van der Waals surface area (Å²) in [5, 5.41) is 9.72. The normalized spacial score (nSPS) is 30.6. The summed E-state index contributed by atoms with van der Waals surface area (Å²) in [6.07, 6.45) is 3.00. The van der Waals surface area contributed by atoms with Crippen LogP contribution in [0, 0.1) is 0 Å². The van der Waals surface area contributed by atoms with Gasteiger partial charge in [-0.2, -0.15) is 4.31 Å². The second-order valence-electron chi connectivity index (χ2n) is 6.08. The topological polar surface area (TPSA) is 57.6 Å². The first-order valence-corrected chi connectivity index (χ1v) is 7.34. The van der Waals surface area contributed by atoms with E-state index in [9.17, 15) is 13.5 Å². The number of aliphatic hydroxyl groups excluding tert-OH is 1. The first kappa shape index (κ1) is 12.3. The van der Waals surface area contributed by atoms with Crippen molar-refractivity contribution in [2.24, 2.45) is 0 Å². The third-order valence-corrected chi connectivity index (χ3v) is 6.53. The lowest BCUT2D eigenvalue weighted by molar-refractivity contribution is 0.119. The molecule has 5 heteroatoms. The molecule has 1 N–H and O–H groups in total. The van der Waals surface area contributed by atoms with Crippen LogP contribution in [0.15, 0.2) is 0 Å². The standard InChI is InChI=1S/C11H21NO3S/c1-10(2,3)16(14,15)12-8-9(13)7-11(12)5-4-6-11/h9,13H,4-8H2,1-3H3. The highest BCUT2D eigenvalue weighted by Crippen LogP contribution is 2.48. The Hall–Kier alpha value is -0.130. The fourth-order valence-corrected chi connectivity index (χ4v) is 4.51. The zero-order valence-electron chi connectivity index (χ0n) is 10.2. The van der Waals surface area contributed by atoms with Crippen LogP contribution in [0.5, 0.6) is 0 Å². The predicted octanol–water partition coefficient (Wildman–Crippen LogP) is 1.10. The molecule has 1 unspecified atom stereocenters. The van der Waals surface area contributed by atoms with E-state index in [1.54, 1.807) is 25.1 Å². The molecule has 0 radical (unpaired) electrons. The van der Waals surface area contributed by atoms with E-state index in [-0.39, 0.29) is 12.1 Å². The molecule has 2 fully saturated rings. The van der Waals surface area contributed by atoms with Crippen molar-refractivity contribution in [1.29, 1.82) is 0 Å². The molecule has 0 bridgehead atoms. The van der Waals surface area contributed by atoms with Gasteiger partial charge in [0.15, 0.2) is 0 Å². The first-order valence-electron chi connectivity index (χ1n) is 5.90. The van der Waals surface area contributed by atoms with E-state index < -0.39 is 20.9 Å². The van der Waals surface area contributed by atoms with Crippen molar-refractivity contribution in [2.75, 3.05) is 6.54 Å². The number of nitrogens with zero attached hydrogens (tertiary/aromatic N) is 1. The van der Waals surface area contributed by atoms with Gasteiger partial charge in [-0.05, 0) is 46.5 Å². The summed E-state index contributed by atoms with van der Waals surface area (Å²) < 4.78 is 25.6. The molecule has 94 valence electrons. The Labute approximate surface area is 97.7 Å². The van der Waals surface area contributed by atoms with Gasteiger partial charge in [0.2, 0.25) is 10.0 Å². The second-order valence-corrected chi connectivity index (χ2v) is 8.70. The molecule has 1 atom stereocenters. The molecule has 0 amide bonds. The summed E-state index contributed by atoms with van der Waals surface area (Å²) in [7, 11) is -3.30. The highest BCUT2D eigenvalue weighted by atomic mass is 32.2. The molecule has 0 aromatic heterocycles. The lowest BCUT2D eigenvalue weighted by atomic mass is 9.75. The van der Waals surface area contributed by atoms with Gasteiger partial charge in [0.1, 0.15) is 0 Å². The van der Waals surface area contributed by atoms with Crippen molar-refractivity contribution >= 4 is 10.0 Å². The van der Waals surface area contributed by atoms with Crippen LogP contribution >= 0.6 is 0 Å². The lowest BCUT2D eigenvalue weighted by Gasteiger charge is -2.46. The highest BCUT2D eigenvalue weighted by Gasteiger charge is 2.56. The minimum absolute atomic E-state index is 0.258. The van der Waals surface area contributed by atoms with Gasteiger partial charge in [0.05, 0.1) is 10.9 Å². The molecule has 0 aromatic rings. The molecule has 1 heterocycles. The minimum atomic E-state index is -3.30. The molecule has 1 spiro atoms. The van der Waals surface area contributed by atoms with Crippen molar-refractivity contribution in [1.82, 2.24) is 4.31 Å². The number of aliphatic hydroxyl groups is 1. The van der Waals surface area contributed by atoms with Crippen molar-refractivity contribution < 1.29 is 13.5 Å². The summed E-state index contributed by atoms with van der Waals surface area (Å²) >= 11 is 0. The third-order valence-electron chi connectivity index (χ3n) is 3.87. The van der Waals surface area contributed by atoms with Crippen LogP contribution in [-0.2, 0) is 10.0 Å². The quantitative estimate of drug-likeness (QED) is 0.755. The Bertz CT molecular complexity index is 379. The van der Waals surface area contributed by atoms with Gasteiger partial charge < -0.3 is 5.11 Å². The number of hydrogen-bond acceptors (Lipinski definition) is 3. The predicted molar refractivity (Wildman–Crippen MR) is 62.6 cm³/mol.